The van der Waals surface area contributed by atoms with Crippen LogP contribution in [0, 0.1) is 0 Å². The van der Waals surface area contributed by atoms with Crippen LogP contribution >= 0.6 is 0 Å². The van der Waals surface area contributed by atoms with E-state index in [0.29, 0.717) is 5.92 Å². The lowest BCUT2D eigenvalue weighted by Gasteiger charge is -2.08. The second-order valence-corrected chi connectivity index (χ2v) is 3.59. The van der Waals surface area contributed by atoms with Crippen LogP contribution in [0.3, 0.4) is 0 Å². The first-order valence-corrected chi connectivity index (χ1v) is 4.91. The summed E-state index contributed by atoms with van der Waals surface area (Å²) in [4.78, 5) is 1.62. The summed E-state index contributed by atoms with van der Waals surface area (Å²) in [6.07, 6.45) is 5.80. The lowest BCUT2D eigenvalue weighted by Crippen LogP contribution is -2.09. The van der Waals surface area contributed by atoms with Crippen LogP contribution in [0.2, 0.25) is 0 Å². The number of nitrogens with zero attached hydrogens (tertiary/aromatic N) is 4. The van der Waals surface area contributed by atoms with Gasteiger partial charge in [0.2, 0.25) is 0 Å². The Morgan fingerprint density at radius 2 is 2.20 bits per heavy atom. The Morgan fingerprint density at radius 3 is 3.07 bits per heavy atom. The average Bonchev–Trinajstić information content (AvgIpc) is 2.89. The Hall–Kier alpha value is -1.97. The van der Waals surface area contributed by atoms with Crippen LogP contribution < -0.4 is 0 Å². The summed E-state index contributed by atoms with van der Waals surface area (Å²) < 4.78 is 0. The number of tetrazole rings is 1. The number of aromatic nitrogens is 4. The van der Waals surface area contributed by atoms with Gasteiger partial charge in [-0.25, -0.2) is 0 Å². The van der Waals surface area contributed by atoms with Crippen LogP contribution in [0.25, 0.3) is 6.08 Å². The Morgan fingerprint density at radius 1 is 1.27 bits per heavy atom. The summed E-state index contributed by atoms with van der Waals surface area (Å²) in [6.45, 7) is 0.757. The minimum absolute atomic E-state index is 0.371. The lowest BCUT2D eigenvalue weighted by molar-refractivity contribution is 0.497. The van der Waals surface area contributed by atoms with Crippen molar-refractivity contribution in [3.63, 3.8) is 0 Å². The number of rotatable bonds is 2. The maximum Gasteiger partial charge on any atom is 0.162 e. The first-order valence-electron chi connectivity index (χ1n) is 4.91. The van der Waals surface area contributed by atoms with Crippen molar-refractivity contribution in [2.75, 3.05) is 0 Å². The summed E-state index contributed by atoms with van der Waals surface area (Å²) in [5.74, 6) is 0.371. The maximum absolute atomic E-state index is 4.01. The van der Waals surface area contributed by atoms with Gasteiger partial charge in [0.25, 0.3) is 0 Å². The average molecular weight is 198 g/mol. The SMILES string of the molecule is C1=CC(Cn2ncnn2)c2ccccc21. The molecule has 1 aliphatic rings. The molecule has 74 valence electrons. The Kier molecular flexibility index (Phi) is 1.84. The van der Waals surface area contributed by atoms with E-state index in [1.165, 1.54) is 17.5 Å². The summed E-state index contributed by atoms with van der Waals surface area (Å²) in [5, 5.41) is 11.6. The van der Waals surface area contributed by atoms with Crippen LogP contribution in [0.1, 0.15) is 17.0 Å². The third kappa shape index (κ3) is 1.44. The quantitative estimate of drug-likeness (QED) is 0.734. The first-order chi connectivity index (χ1) is 7.43. The zero-order valence-electron chi connectivity index (χ0n) is 8.11. The van der Waals surface area contributed by atoms with E-state index >= 15 is 0 Å². The van der Waals surface area contributed by atoms with Gasteiger partial charge in [0.1, 0.15) is 0 Å². The summed E-state index contributed by atoms with van der Waals surface area (Å²) in [5.41, 5.74) is 2.64. The predicted octanol–water partition coefficient (Wildman–Crippen LogP) is 1.48. The van der Waals surface area contributed by atoms with Crippen molar-refractivity contribution in [3.8, 4) is 0 Å². The molecular weight excluding hydrogens is 188 g/mol. The van der Waals surface area contributed by atoms with Crippen molar-refractivity contribution >= 4 is 6.08 Å². The van der Waals surface area contributed by atoms with Crippen molar-refractivity contribution in [2.45, 2.75) is 12.5 Å². The van der Waals surface area contributed by atoms with Crippen LogP contribution in [0.4, 0.5) is 0 Å². The normalized spacial score (nSPS) is 18.0. The molecule has 3 rings (SSSR count). The van der Waals surface area contributed by atoms with Gasteiger partial charge in [0, 0.05) is 5.92 Å². The fourth-order valence-corrected chi connectivity index (χ4v) is 1.93. The first kappa shape index (κ1) is 8.35. The van der Waals surface area contributed by atoms with Gasteiger partial charge < -0.3 is 0 Å². The zero-order valence-corrected chi connectivity index (χ0v) is 8.11. The largest absolute Gasteiger partial charge is 0.164 e. The molecular formula is C11H10N4. The van der Waals surface area contributed by atoms with Crippen LogP contribution in [-0.4, -0.2) is 20.2 Å². The molecule has 0 N–H and O–H groups in total. The van der Waals surface area contributed by atoms with Crippen LogP contribution in [0.15, 0.2) is 36.7 Å². The van der Waals surface area contributed by atoms with Crippen LogP contribution in [0.5, 0.6) is 0 Å². The molecule has 4 heteroatoms. The van der Waals surface area contributed by atoms with E-state index in [1.807, 2.05) is 0 Å². The third-order valence-corrected chi connectivity index (χ3v) is 2.66. The molecule has 1 heterocycles. The summed E-state index contributed by atoms with van der Waals surface area (Å²) in [7, 11) is 0. The van der Waals surface area contributed by atoms with Crippen molar-refractivity contribution in [3.05, 3.63) is 47.8 Å². The Balaban J connectivity index is 1.89. The second-order valence-electron chi connectivity index (χ2n) is 3.59. The van der Waals surface area contributed by atoms with Crippen molar-refractivity contribution in [1.82, 2.24) is 20.2 Å². The van der Waals surface area contributed by atoms with E-state index < -0.39 is 0 Å². The van der Waals surface area contributed by atoms with Gasteiger partial charge in [-0.05, 0) is 16.3 Å². The van der Waals surface area contributed by atoms with Gasteiger partial charge in [-0.3, -0.25) is 0 Å². The van der Waals surface area contributed by atoms with Gasteiger partial charge in [0.05, 0.1) is 6.54 Å². The molecule has 1 aromatic carbocycles. The van der Waals surface area contributed by atoms with Crippen molar-refractivity contribution in [2.24, 2.45) is 0 Å². The van der Waals surface area contributed by atoms with Gasteiger partial charge in [-0.15, -0.1) is 10.2 Å². The third-order valence-electron chi connectivity index (χ3n) is 2.66. The molecule has 0 amide bonds. The molecule has 0 radical (unpaired) electrons. The summed E-state index contributed by atoms with van der Waals surface area (Å²) in [6, 6.07) is 8.39. The van der Waals surface area contributed by atoms with Gasteiger partial charge in [0.15, 0.2) is 6.33 Å². The molecule has 0 spiro atoms. The summed E-state index contributed by atoms with van der Waals surface area (Å²) >= 11 is 0. The molecule has 2 aromatic rings. The molecule has 1 unspecified atom stereocenters. The maximum atomic E-state index is 4.01. The molecule has 0 bridgehead atoms. The number of hydrogen-bond acceptors (Lipinski definition) is 3. The molecule has 15 heavy (non-hydrogen) atoms. The standard InChI is InChI=1S/C11H10N4/c1-2-4-11-9(3-1)5-6-10(11)7-15-13-8-12-14-15/h1-6,8,10H,7H2. The smallest absolute Gasteiger partial charge is 0.162 e. The molecule has 0 fully saturated rings. The van der Waals surface area contributed by atoms with Gasteiger partial charge in [-0.2, -0.15) is 4.80 Å². The highest BCUT2D eigenvalue weighted by atomic mass is 15.6. The van der Waals surface area contributed by atoms with Gasteiger partial charge in [-0.1, -0.05) is 36.4 Å². The Labute approximate surface area is 87.2 Å². The number of allylic oxidation sites excluding steroid dienone is 1. The number of fused-ring (bicyclic) bond motifs is 1. The highest BCUT2D eigenvalue weighted by Gasteiger charge is 2.17. The highest BCUT2D eigenvalue weighted by molar-refractivity contribution is 5.62. The molecule has 0 aliphatic heterocycles. The Bertz CT molecular complexity index is 487. The van der Waals surface area contributed by atoms with E-state index in [2.05, 4.69) is 51.8 Å². The van der Waals surface area contributed by atoms with E-state index in [0.717, 1.165) is 6.54 Å². The minimum atomic E-state index is 0.371. The zero-order chi connectivity index (χ0) is 10.1. The molecule has 0 saturated heterocycles. The molecule has 1 atom stereocenters. The molecule has 0 saturated carbocycles. The highest BCUT2D eigenvalue weighted by Crippen LogP contribution is 2.30. The van der Waals surface area contributed by atoms with Crippen molar-refractivity contribution in [1.29, 1.82) is 0 Å². The van der Waals surface area contributed by atoms with E-state index in [1.54, 1.807) is 4.80 Å². The monoisotopic (exact) mass is 198 g/mol. The minimum Gasteiger partial charge on any atom is -0.164 e. The fraction of sp³-hybridized carbons (Fsp3) is 0.182. The van der Waals surface area contributed by atoms with Gasteiger partial charge >= 0.3 is 0 Å². The number of benzene rings is 1. The fourth-order valence-electron chi connectivity index (χ4n) is 1.93. The molecule has 1 aliphatic carbocycles. The lowest BCUT2D eigenvalue weighted by atomic mass is 10.0. The second kappa shape index (κ2) is 3.31. The number of hydrogen-bond donors (Lipinski definition) is 0. The predicted molar refractivity (Wildman–Crippen MR) is 56.0 cm³/mol. The van der Waals surface area contributed by atoms with Crippen LogP contribution in [-0.2, 0) is 6.54 Å². The van der Waals surface area contributed by atoms with E-state index in [4.69, 9.17) is 0 Å². The van der Waals surface area contributed by atoms with E-state index in [-0.39, 0.29) is 0 Å². The van der Waals surface area contributed by atoms with Crippen molar-refractivity contribution < 1.29 is 0 Å². The molecule has 4 nitrogen and oxygen atoms in total. The van der Waals surface area contributed by atoms with E-state index in [9.17, 15) is 0 Å². The topological polar surface area (TPSA) is 43.6 Å². The molecule has 1 aromatic heterocycles.